The van der Waals surface area contributed by atoms with E-state index in [2.05, 4.69) is 33.9 Å². The molecule has 0 aromatic carbocycles. The monoisotopic (exact) mass is 335 g/mol. The van der Waals surface area contributed by atoms with Gasteiger partial charge in [-0.3, -0.25) is 4.98 Å². The van der Waals surface area contributed by atoms with Gasteiger partial charge in [-0.25, -0.2) is 0 Å². The lowest BCUT2D eigenvalue weighted by atomic mass is 10.1. The van der Waals surface area contributed by atoms with Gasteiger partial charge in [0.2, 0.25) is 0 Å². The largest absolute Gasteiger partial charge is 0.373 e. The van der Waals surface area contributed by atoms with Gasteiger partial charge in [-0.2, -0.15) is 9.59 Å². The Kier molecular flexibility index (Phi) is 6.56. The molecule has 5 nitrogen and oxygen atoms in total. The number of aryl methyl sites for hydroxylation is 2. The Morgan fingerprint density at radius 2 is 1.56 bits per heavy atom. The van der Waals surface area contributed by atoms with E-state index in [1.54, 1.807) is 0 Å². The Balaban J connectivity index is 0.000000158. The standard InChI is InChI=1S/C10H10N2.C9H11N.CO2/c1-7-5-9(8-3-4-8)6-12-10(7)11-2;1-7-4-9(6-10-5-7)8-2-3-8;2-1-3/h5-6,8H,3-4H2,1H3;4-6,8H,2-3H2,1H3;. The number of hydrogen-bond acceptors (Lipinski definition) is 4. The molecule has 25 heavy (non-hydrogen) atoms. The van der Waals surface area contributed by atoms with Gasteiger partial charge in [0.1, 0.15) is 6.20 Å². The van der Waals surface area contributed by atoms with Crippen molar-refractivity contribution in [3.05, 3.63) is 64.4 Å². The molecular formula is C20H21N3O2. The van der Waals surface area contributed by atoms with Gasteiger partial charge in [-0.15, -0.1) is 4.98 Å². The summed E-state index contributed by atoms with van der Waals surface area (Å²) in [5, 5.41) is 0. The maximum atomic E-state index is 8.12. The van der Waals surface area contributed by atoms with Gasteiger partial charge in [0.05, 0.1) is 0 Å². The van der Waals surface area contributed by atoms with Crippen molar-refractivity contribution in [2.45, 2.75) is 51.4 Å². The maximum absolute atomic E-state index is 8.12. The number of rotatable bonds is 2. The van der Waals surface area contributed by atoms with Gasteiger partial charge in [0, 0.05) is 12.4 Å². The summed E-state index contributed by atoms with van der Waals surface area (Å²) in [7, 11) is 0. The van der Waals surface area contributed by atoms with Crippen LogP contribution in [0.5, 0.6) is 0 Å². The second-order valence-electron chi connectivity index (χ2n) is 6.45. The van der Waals surface area contributed by atoms with E-state index in [9.17, 15) is 0 Å². The van der Waals surface area contributed by atoms with E-state index in [-0.39, 0.29) is 6.15 Å². The molecule has 0 radical (unpaired) electrons. The second-order valence-corrected chi connectivity index (χ2v) is 6.45. The molecule has 0 amide bonds. The third-order valence-corrected chi connectivity index (χ3v) is 4.17. The maximum Gasteiger partial charge on any atom is 0.373 e. The van der Waals surface area contributed by atoms with Gasteiger partial charge in [0.15, 0.2) is 0 Å². The number of hydrogen-bond donors (Lipinski definition) is 0. The minimum Gasteiger partial charge on any atom is -0.360 e. The third-order valence-electron chi connectivity index (χ3n) is 4.17. The first-order valence-corrected chi connectivity index (χ1v) is 8.33. The molecule has 2 aliphatic rings. The molecule has 0 atom stereocenters. The molecule has 0 spiro atoms. The minimum atomic E-state index is 0.250. The Morgan fingerprint density at radius 1 is 1.00 bits per heavy atom. The van der Waals surface area contributed by atoms with Crippen molar-refractivity contribution in [2.75, 3.05) is 0 Å². The lowest BCUT2D eigenvalue weighted by Gasteiger charge is -1.98. The van der Waals surface area contributed by atoms with E-state index in [0.717, 1.165) is 17.4 Å². The molecular weight excluding hydrogens is 314 g/mol. The van der Waals surface area contributed by atoms with Crippen LogP contribution in [0.2, 0.25) is 0 Å². The predicted molar refractivity (Wildman–Crippen MR) is 93.2 cm³/mol. The first-order chi connectivity index (χ1) is 12.1. The first-order valence-electron chi connectivity index (χ1n) is 8.33. The van der Waals surface area contributed by atoms with Crippen molar-refractivity contribution in [1.82, 2.24) is 9.97 Å². The van der Waals surface area contributed by atoms with Gasteiger partial charge in [0.25, 0.3) is 5.82 Å². The fourth-order valence-corrected chi connectivity index (χ4v) is 2.56. The average Bonchev–Trinajstić information content (AvgIpc) is 3.50. The molecule has 2 aliphatic carbocycles. The molecule has 2 saturated carbocycles. The van der Waals surface area contributed by atoms with Crippen molar-refractivity contribution < 1.29 is 9.59 Å². The highest BCUT2D eigenvalue weighted by atomic mass is 16.2. The summed E-state index contributed by atoms with van der Waals surface area (Å²) in [5.74, 6) is 2.11. The van der Waals surface area contributed by atoms with E-state index in [4.69, 9.17) is 16.2 Å². The summed E-state index contributed by atoms with van der Waals surface area (Å²) >= 11 is 0. The molecule has 0 bridgehead atoms. The van der Waals surface area contributed by atoms with Crippen molar-refractivity contribution >= 4 is 12.0 Å². The highest BCUT2D eigenvalue weighted by molar-refractivity contribution is 5.46. The van der Waals surface area contributed by atoms with Crippen LogP contribution in [0, 0.1) is 20.4 Å². The Bertz CT molecular complexity index is 797. The van der Waals surface area contributed by atoms with Crippen molar-refractivity contribution in [2.24, 2.45) is 0 Å². The summed E-state index contributed by atoms with van der Waals surface area (Å²) in [6, 6.07) is 4.34. The SMILES string of the molecule is Cc1cncc(C2CC2)c1.O=C=O.[C-]#[N+]c1ncc(C2CC2)cc1C. The molecule has 2 fully saturated rings. The van der Waals surface area contributed by atoms with Crippen LogP contribution in [-0.4, -0.2) is 16.1 Å². The molecule has 0 unspecified atom stereocenters. The number of nitrogens with zero attached hydrogens (tertiary/aromatic N) is 3. The Hall–Kier alpha value is -2.83. The van der Waals surface area contributed by atoms with Crippen LogP contribution in [0.1, 0.15) is 59.8 Å². The summed E-state index contributed by atoms with van der Waals surface area (Å²) in [4.78, 5) is 27.8. The smallest absolute Gasteiger partial charge is 0.360 e. The molecule has 0 saturated heterocycles. The molecule has 2 aromatic heterocycles. The minimum absolute atomic E-state index is 0.250. The van der Waals surface area contributed by atoms with Crippen LogP contribution < -0.4 is 0 Å². The fraction of sp³-hybridized carbons (Fsp3) is 0.400. The van der Waals surface area contributed by atoms with Crippen LogP contribution in [0.15, 0.2) is 30.7 Å². The Morgan fingerprint density at radius 3 is 2.00 bits per heavy atom. The quantitative estimate of drug-likeness (QED) is 0.758. The van der Waals surface area contributed by atoms with Crippen LogP contribution in [-0.2, 0) is 9.59 Å². The van der Waals surface area contributed by atoms with E-state index >= 15 is 0 Å². The summed E-state index contributed by atoms with van der Waals surface area (Å²) < 4.78 is 0. The van der Waals surface area contributed by atoms with E-state index in [1.807, 2.05) is 25.5 Å². The highest BCUT2D eigenvalue weighted by Crippen LogP contribution is 2.40. The molecule has 0 aliphatic heterocycles. The van der Waals surface area contributed by atoms with Gasteiger partial charge >= 0.3 is 6.15 Å². The fourth-order valence-electron chi connectivity index (χ4n) is 2.56. The topological polar surface area (TPSA) is 64.3 Å². The van der Waals surface area contributed by atoms with E-state index in [0.29, 0.717) is 5.82 Å². The number of carbonyl (C=O) groups excluding carboxylic acids is 2. The predicted octanol–water partition coefficient (Wildman–Crippen LogP) is 4.50. The molecule has 128 valence electrons. The van der Waals surface area contributed by atoms with Crippen molar-refractivity contribution in [3.8, 4) is 0 Å². The molecule has 0 N–H and O–H groups in total. The zero-order valence-corrected chi connectivity index (χ0v) is 14.5. The molecule has 2 aromatic rings. The van der Waals surface area contributed by atoms with Gasteiger partial charge in [-0.1, -0.05) is 18.7 Å². The zero-order valence-electron chi connectivity index (χ0n) is 14.5. The van der Waals surface area contributed by atoms with Crippen LogP contribution in [0.25, 0.3) is 4.85 Å². The first kappa shape index (κ1) is 18.5. The van der Waals surface area contributed by atoms with Gasteiger partial charge in [-0.05, 0) is 73.6 Å². The third kappa shape index (κ3) is 5.95. The lowest BCUT2D eigenvalue weighted by Crippen LogP contribution is -1.84. The summed E-state index contributed by atoms with van der Waals surface area (Å²) in [6.45, 7) is 10.9. The second kappa shape index (κ2) is 8.86. The summed E-state index contributed by atoms with van der Waals surface area (Å²) in [5.41, 5.74) is 5.03. The normalized spacial score (nSPS) is 14.8. The van der Waals surface area contributed by atoms with Crippen LogP contribution in [0.3, 0.4) is 0 Å². The van der Waals surface area contributed by atoms with Crippen LogP contribution >= 0.6 is 0 Å². The zero-order chi connectivity index (χ0) is 18.2. The molecule has 2 heterocycles. The van der Waals surface area contributed by atoms with E-state index < -0.39 is 0 Å². The average molecular weight is 335 g/mol. The Labute approximate surface area is 148 Å². The van der Waals surface area contributed by atoms with Gasteiger partial charge < -0.3 is 4.85 Å². The lowest BCUT2D eigenvalue weighted by molar-refractivity contribution is -0.191. The number of pyridine rings is 2. The highest BCUT2D eigenvalue weighted by Gasteiger charge is 2.25. The van der Waals surface area contributed by atoms with Crippen LogP contribution in [0.4, 0.5) is 5.82 Å². The number of aromatic nitrogens is 2. The van der Waals surface area contributed by atoms with E-state index in [1.165, 1.54) is 42.4 Å². The van der Waals surface area contributed by atoms with Crippen molar-refractivity contribution in [3.63, 3.8) is 0 Å². The summed E-state index contributed by atoms with van der Waals surface area (Å²) in [6.07, 6.45) is 11.3. The van der Waals surface area contributed by atoms with Crippen molar-refractivity contribution in [1.29, 1.82) is 0 Å². The molecule has 5 heteroatoms. The molecule has 4 rings (SSSR count).